The molecule has 0 N–H and O–H groups in total. The van der Waals surface area contributed by atoms with Gasteiger partial charge in [0, 0.05) is 17.6 Å². The molecule has 0 saturated heterocycles. The van der Waals surface area contributed by atoms with Gasteiger partial charge in [0.1, 0.15) is 18.1 Å². The van der Waals surface area contributed by atoms with Crippen LogP contribution < -0.4 is 10.2 Å². The molecule has 5 rings (SSSR count). The van der Waals surface area contributed by atoms with E-state index in [1.165, 1.54) is 18.2 Å². The Labute approximate surface area is 215 Å². The van der Waals surface area contributed by atoms with Crippen molar-refractivity contribution in [3.05, 3.63) is 96.2 Å². The zero-order chi connectivity index (χ0) is 24.9. The molecule has 1 aliphatic heterocycles. The first-order valence-corrected chi connectivity index (χ1v) is 11.9. The molecule has 4 nitrogen and oxygen atoms in total. The second kappa shape index (κ2) is 9.17. The van der Waals surface area contributed by atoms with Crippen LogP contribution in [0.15, 0.2) is 68.3 Å². The Bertz CT molecular complexity index is 1500. The van der Waals surface area contributed by atoms with Gasteiger partial charge < -0.3 is 9.15 Å². The summed E-state index contributed by atoms with van der Waals surface area (Å²) in [6.45, 7) is 0.816. The maximum atomic E-state index is 14.1. The number of hydrogen-bond acceptors (Lipinski definition) is 4. The van der Waals surface area contributed by atoms with Crippen LogP contribution in [0.4, 0.5) is 13.2 Å². The lowest BCUT2D eigenvalue weighted by Gasteiger charge is -2.29. The maximum absolute atomic E-state index is 14.1. The van der Waals surface area contributed by atoms with E-state index in [4.69, 9.17) is 32.4 Å². The van der Waals surface area contributed by atoms with E-state index in [0.717, 1.165) is 5.56 Å². The minimum Gasteiger partial charge on any atom is -0.478 e. The Morgan fingerprint density at radius 2 is 1.74 bits per heavy atom. The Hall–Kier alpha value is -2.52. The highest BCUT2D eigenvalue weighted by atomic mass is 79.9. The molecule has 0 amide bonds. The zero-order valence-corrected chi connectivity index (χ0v) is 20.9. The van der Waals surface area contributed by atoms with Crippen molar-refractivity contribution in [3.8, 4) is 16.9 Å². The summed E-state index contributed by atoms with van der Waals surface area (Å²) in [7, 11) is 0. The van der Waals surface area contributed by atoms with E-state index < -0.39 is 22.9 Å². The summed E-state index contributed by atoms with van der Waals surface area (Å²) in [6.07, 6.45) is -4.88. The van der Waals surface area contributed by atoms with Gasteiger partial charge in [-0.3, -0.25) is 9.69 Å². The van der Waals surface area contributed by atoms with Gasteiger partial charge in [0.2, 0.25) is 11.2 Å². The summed E-state index contributed by atoms with van der Waals surface area (Å²) in [4.78, 5) is 15.2. The van der Waals surface area contributed by atoms with Gasteiger partial charge in [-0.1, -0.05) is 57.3 Å². The van der Waals surface area contributed by atoms with E-state index in [1.807, 2.05) is 4.90 Å². The molecular formula is C25H15BrCl2F3NO3. The molecule has 1 aliphatic rings. The number of nitrogens with zero attached hydrogens (tertiary/aromatic N) is 1. The molecule has 0 unspecified atom stereocenters. The fourth-order valence-corrected chi connectivity index (χ4v) is 4.67. The molecule has 0 spiro atoms. The van der Waals surface area contributed by atoms with E-state index in [1.54, 1.807) is 36.4 Å². The first-order chi connectivity index (χ1) is 16.6. The number of rotatable bonds is 3. The smallest absolute Gasteiger partial charge is 0.450 e. The van der Waals surface area contributed by atoms with Gasteiger partial charge in [0.25, 0.3) is 0 Å². The van der Waals surface area contributed by atoms with E-state index in [9.17, 15) is 18.0 Å². The second-order valence-electron chi connectivity index (χ2n) is 8.07. The molecule has 0 bridgehead atoms. The van der Waals surface area contributed by atoms with E-state index in [0.29, 0.717) is 32.4 Å². The normalized spacial score (nSPS) is 14.1. The minimum absolute atomic E-state index is 0.0506. The lowest BCUT2D eigenvalue weighted by molar-refractivity contribution is -0.152. The number of benzene rings is 3. The number of hydrogen-bond donors (Lipinski definition) is 0. The summed E-state index contributed by atoms with van der Waals surface area (Å²) in [5, 5.41) is 0.869. The highest BCUT2D eigenvalue weighted by molar-refractivity contribution is 9.10. The van der Waals surface area contributed by atoms with Gasteiger partial charge in [-0.05, 0) is 47.5 Å². The first kappa shape index (κ1) is 24.2. The highest BCUT2D eigenvalue weighted by Gasteiger charge is 2.40. The predicted octanol–water partition coefficient (Wildman–Crippen LogP) is 7.90. The third kappa shape index (κ3) is 4.68. The Kier molecular flexibility index (Phi) is 6.34. The number of alkyl halides is 3. The van der Waals surface area contributed by atoms with Crippen molar-refractivity contribution in [1.29, 1.82) is 0 Å². The number of halogens is 6. The lowest BCUT2D eigenvalue weighted by atomic mass is 10.00. The van der Waals surface area contributed by atoms with Crippen molar-refractivity contribution >= 4 is 50.1 Å². The molecule has 10 heteroatoms. The van der Waals surface area contributed by atoms with E-state index >= 15 is 0 Å². The van der Waals surface area contributed by atoms with Crippen LogP contribution in [0.25, 0.3) is 22.1 Å². The van der Waals surface area contributed by atoms with Crippen molar-refractivity contribution in [2.45, 2.75) is 19.3 Å². The Balaban J connectivity index is 1.62. The Morgan fingerprint density at radius 1 is 1.00 bits per heavy atom. The van der Waals surface area contributed by atoms with Crippen LogP contribution in [-0.2, 0) is 19.3 Å². The number of ether oxygens (including phenoxy) is 1. The molecular weight excluding hydrogens is 570 g/mol. The molecule has 1 aromatic heterocycles. The van der Waals surface area contributed by atoms with Crippen LogP contribution >= 0.6 is 39.1 Å². The summed E-state index contributed by atoms with van der Waals surface area (Å²) in [5.74, 6) is -0.970. The van der Waals surface area contributed by atoms with Crippen molar-refractivity contribution in [3.63, 3.8) is 0 Å². The molecule has 3 aromatic carbocycles. The maximum Gasteiger partial charge on any atom is 0.450 e. The molecule has 0 radical (unpaired) electrons. The van der Waals surface area contributed by atoms with Gasteiger partial charge in [-0.2, -0.15) is 13.2 Å². The van der Waals surface area contributed by atoms with Crippen molar-refractivity contribution in [2.24, 2.45) is 0 Å². The van der Waals surface area contributed by atoms with Crippen LogP contribution in [-0.4, -0.2) is 11.6 Å². The second-order valence-corrected chi connectivity index (χ2v) is 9.80. The standard InChI is InChI=1S/C25H15BrCl2F3NO3/c26-15-4-2-14(3-5-15)21-22(33)16-6-8-20-17(23(16)35-24(21)25(29,30)31)11-32(12-34-20)10-13-1-7-18(27)19(28)9-13/h1-9H,10-12H2. The SMILES string of the molecule is O=c1c(-c2ccc(Br)cc2)c(C(F)(F)F)oc2c3c(ccc12)OCN(Cc1ccc(Cl)c(Cl)c1)C3. The molecule has 0 aliphatic carbocycles. The molecule has 35 heavy (non-hydrogen) atoms. The third-order valence-electron chi connectivity index (χ3n) is 5.69. The largest absolute Gasteiger partial charge is 0.478 e. The van der Waals surface area contributed by atoms with Crippen molar-refractivity contribution in [1.82, 2.24) is 4.90 Å². The minimum atomic E-state index is -4.88. The van der Waals surface area contributed by atoms with Gasteiger partial charge in [0.05, 0.1) is 26.6 Å². The molecule has 2 heterocycles. The van der Waals surface area contributed by atoms with Crippen molar-refractivity contribution < 1.29 is 22.3 Å². The van der Waals surface area contributed by atoms with Gasteiger partial charge >= 0.3 is 6.18 Å². The topological polar surface area (TPSA) is 42.7 Å². The molecule has 0 fully saturated rings. The van der Waals surface area contributed by atoms with Crippen LogP contribution in [0.5, 0.6) is 5.75 Å². The van der Waals surface area contributed by atoms with Gasteiger partial charge in [0.15, 0.2) is 0 Å². The molecule has 0 saturated carbocycles. The molecule has 0 atom stereocenters. The average Bonchev–Trinajstić information content (AvgIpc) is 2.81. The fourth-order valence-electron chi connectivity index (χ4n) is 4.09. The zero-order valence-electron chi connectivity index (χ0n) is 17.8. The summed E-state index contributed by atoms with van der Waals surface area (Å²) < 4.78 is 54.2. The fraction of sp³-hybridized carbons (Fsp3) is 0.160. The number of fused-ring (bicyclic) bond motifs is 3. The highest BCUT2D eigenvalue weighted by Crippen LogP contribution is 2.40. The molecule has 4 aromatic rings. The summed E-state index contributed by atoms with van der Waals surface area (Å²) >= 11 is 15.3. The van der Waals surface area contributed by atoms with Crippen LogP contribution in [0, 0.1) is 0 Å². The van der Waals surface area contributed by atoms with Crippen LogP contribution in [0.3, 0.4) is 0 Å². The van der Waals surface area contributed by atoms with Gasteiger partial charge in [-0.25, -0.2) is 0 Å². The average molecular weight is 585 g/mol. The van der Waals surface area contributed by atoms with E-state index in [2.05, 4.69) is 15.9 Å². The lowest BCUT2D eigenvalue weighted by Crippen LogP contribution is -2.32. The summed E-state index contributed by atoms with van der Waals surface area (Å²) in [6, 6.07) is 14.2. The monoisotopic (exact) mass is 583 g/mol. The quantitative estimate of drug-likeness (QED) is 0.245. The van der Waals surface area contributed by atoms with Crippen LogP contribution in [0.1, 0.15) is 16.9 Å². The van der Waals surface area contributed by atoms with Crippen molar-refractivity contribution in [2.75, 3.05) is 6.73 Å². The predicted molar refractivity (Wildman–Crippen MR) is 132 cm³/mol. The van der Waals surface area contributed by atoms with E-state index in [-0.39, 0.29) is 29.8 Å². The first-order valence-electron chi connectivity index (χ1n) is 10.4. The van der Waals surface area contributed by atoms with Crippen LogP contribution in [0.2, 0.25) is 10.0 Å². The third-order valence-corrected chi connectivity index (χ3v) is 6.95. The Morgan fingerprint density at radius 3 is 2.43 bits per heavy atom. The molecule has 180 valence electrons. The van der Waals surface area contributed by atoms with Gasteiger partial charge in [-0.15, -0.1) is 0 Å². The summed E-state index contributed by atoms with van der Waals surface area (Å²) in [5.41, 5.74) is -0.0848.